The molecule has 1 rings (SSSR count). The van der Waals surface area contributed by atoms with Crippen molar-refractivity contribution in [2.24, 2.45) is 10.8 Å². The summed E-state index contributed by atoms with van der Waals surface area (Å²) >= 11 is 4.81. The molecule has 12 heavy (non-hydrogen) atoms. The molecule has 64 valence electrons. The second kappa shape index (κ2) is 4.22. The predicted octanol–water partition coefficient (Wildman–Crippen LogP) is 1.51. The second-order valence-corrected chi connectivity index (χ2v) is 4.37. The number of nitrogens with zero attached hydrogens (tertiary/aromatic N) is 1. The van der Waals surface area contributed by atoms with Gasteiger partial charge in [0.1, 0.15) is 0 Å². The van der Waals surface area contributed by atoms with E-state index in [0.29, 0.717) is 0 Å². The minimum Gasteiger partial charge on any atom is -0.350 e. The third-order valence-electron chi connectivity index (χ3n) is 0.961. The van der Waals surface area contributed by atoms with E-state index in [4.69, 9.17) is 5.73 Å². The van der Waals surface area contributed by atoms with E-state index in [1.807, 2.05) is 12.1 Å². The number of primary amides is 1. The van der Waals surface area contributed by atoms with Gasteiger partial charge in [0.15, 0.2) is 0 Å². The fraction of sp³-hybridized carbons (Fsp3) is 0. The number of halogens is 1. The van der Waals surface area contributed by atoms with E-state index >= 15 is 0 Å². The Morgan fingerprint density at radius 3 is 3.00 bits per heavy atom. The number of hydrazone groups is 1. The molecule has 0 saturated carbocycles. The normalized spacial score (nSPS) is 10.4. The Labute approximate surface area is 81.6 Å². The van der Waals surface area contributed by atoms with Crippen molar-refractivity contribution in [1.29, 1.82) is 0 Å². The summed E-state index contributed by atoms with van der Waals surface area (Å²) in [6, 6.07) is 3.11. The second-order valence-electron chi connectivity index (χ2n) is 1.88. The third kappa shape index (κ3) is 3.02. The largest absolute Gasteiger partial charge is 0.350 e. The molecule has 0 fully saturated rings. The number of thiophene rings is 1. The first-order chi connectivity index (χ1) is 5.68. The lowest BCUT2D eigenvalue weighted by atomic mass is 10.5. The summed E-state index contributed by atoms with van der Waals surface area (Å²) in [5.74, 6) is 0. The molecule has 0 unspecified atom stereocenters. The number of hydrogen-bond acceptors (Lipinski definition) is 3. The maximum absolute atomic E-state index is 10.2. The lowest BCUT2D eigenvalue weighted by Gasteiger charge is -1.88. The highest BCUT2D eigenvalue weighted by atomic mass is 79.9. The van der Waals surface area contributed by atoms with Gasteiger partial charge in [0.2, 0.25) is 0 Å². The van der Waals surface area contributed by atoms with Gasteiger partial charge in [-0.15, -0.1) is 11.3 Å². The Morgan fingerprint density at radius 2 is 2.50 bits per heavy atom. The first kappa shape index (κ1) is 9.21. The van der Waals surface area contributed by atoms with Crippen LogP contribution >= 0.6 is 27.3 Å². The Balaban J connectivity index is 2.52. The van der Waals surface area contributed by atoms with Gasteiger partial charge >= 0.3 is 6.03 Å². The molecule has 1 aromatic rings. The van der Waals surface area contributed by atoms with Crippen LogP contribution in [-0.4, -0.2) is 12.2 Å². The number of rotatable bonds is 2. The van der Waals surface area contributed by atoms with Crippen LogP contribution in [0.15, 0.2) is 21.0 Å². The molecule has 0 aromatic carbocycles. The summed E-state index contributed by atoms with van der Waals surface area (Å²) in [6.45, 7) is 0. The number of nitrogens with one attached hydrogen (secondary N) is 1. The van der Waals surface area contributed by atoms with Crippen molar-refractivity contribution in [2.75, 3.05) is 0 Å². The van der Waals surface area contributed by atoms with Crippen LogP contribution in [0.25, 0.3) is 0 Å². The van der Waals surface area contributed by atoms with Crippen molar-refractivity contribution in [3.8, 4) is 0 Å². The minimum atomic E-state index is -0.665. The number of nitrogens with two attached hydrogens (primary N) is 1. The molecule has 3 N–H and O–H groups in total. The Morgan fingerprint density at radius 1 is 1.75 bits per heavy atom. The Hall–Kier alpha value is -0.880. The zero-order valence-electron chi connectivity index (χ0n) is 5.95. The monoisotopic (exact) mass is 247 g/mol. The maximum atomic E-state index is 10.2. The summed E-state index contributed by atoms with van der Waals surface area (Å²) < 4.78 is 1.02. The van der Waals surface area contributed by atoms with Gasteiger partial charge in [0.25, 0.3) is 0 Å². The molecular formula is C6H6BrN3OS. The number of urea groups is 1. The molecule has 4 nitrogen and oxygen atoms in total. The van der Waals surface area contributed by atoms with Gasteiger partial charge in [-0.1, -0.05) is 0 Å². The van der Waals surface area contributed by atoms with E-state index in [9.17, 15) is 4.79 Å². The van der Waals surface area contributed by atoms with Crippen LogP contribution in [0.4, 0.5) is 4.79 Å². The van der Waals surface area contributed by atoms with E-state index in [1.54, 1.807) is 0 Å². The lowest BCUT2D eigenvalue weighted by molar-refractivity contribution is 0.249. The van der Waals surface area contributed by atoms with E-state index < -0.39 is 6.03 Å². The highest BCUT2D eigenvalue weighted by Gasteiger charge is 1.92. The minimum absolute atomic E-state index is 0.665. The smallest absolute Gasteiger partial charge is 0.332 e. The van der Waals surface area contributed by atoms with Gasteiger partial charge in [-0.2, -0.15) is 5.10 Å². The summed E-state index contributed by atoms with van der Waals surface area (Å²) in [4.78, 5) is 11.1. The van der Waals surface area contributed by atoms with Crippen molar-refractivity contribution in [1.82, 2.24) is 5.43 Å². The van der Waals surface area contributed by atoms with Crippen molar-refractivity contribution in [3.05, 3.63) is 20.8 Å². The quantitative estimate of drug-likeness (QED) is 0.604. The third-order valence-corrected chi connectivity index (χ3v) is 2.52. The molecule has 0 bridgehead atoms. The molecule has 6 heteroatoms. The summed E-state index contributed by atoms with van der Waals surface area (Å²) in [6.07, 6.45) is 1.53. The first-order valence-corrected chi connectivity index (χ1v) is 4.63. The molecular weight excluding hydrogens is 242 g/mol. The van der Waals surface area contributed by atoms with E-state index in [2.05, 4.69) is 26.5 Å². The zero-order valence-corrected chi connectivity index (χ0v) is 8.35. The zero-order chi connectivity index (χ0) is 8.97. The fourth-order valence-corrected chi connectivity index (χ4v) is 1.85. The molecule has 0 aliphatic carbocycles. The van der Waals surface area contributed by atoms with Gasteiger partial charge < -0.3 is 5.73 Å². The van der Waals surface area contributed by atoms with Crippen LogP contribution in [0.2, 0.25) is 0 Å². The molecule has 0 aliphatic heterocycles. The van der Waals surface area contributed by atoms with E-state index in [1.165, 1.54) is 17.6 Å². The van der Waals surface area contributed by atoms with Gasteiger partial charge in [-0.3, -0.25) is 0 Å². The highest BCUT2D eigenvalue weighted by Crippen LogP contribution is 2.20. The topological polar surface area (TPSA) is 67.5 Å². The van der Waals surface area contributed by atoms with Gasteiger partial charge in [0.05, 0.1) is 10.0 Å². The Bertz CT molecular complexity index is 309. The van der Waals surface area contributed by atoms with Crippen LogP contribution in [0.3, 0.4) is 0 Å². The van der Waals surface area contributed by atoms with E-state index in [-0.39, 0.29) is 0 Å². The number of amides is 2. The molecule has 0 atom stereocenters. The summed E-state index contributed by atoms with van der Waals surface area (Å²) in [5, 5.41) is 3.59. The molecule has 1 aromatic heterocycles. The van der Waals surface area contributed by atoms with Crippen molar-refractivity contribution in [2.45, 2.75) is 0 Å². The van der Waals surface area contributed by atoms with Crippen molar-refractivity contribution in [3.63, 3.8) is 0 Å². The fourth-order valence-electron chi connectivity index (χ4n) is 0.557. The molecule has 1 heterocycles. The van der Waals surface area contributed by atoms with Crippen molar-refractivity contribution >= 4 is 39.5 Å². The predicted molar refractivity (Wildman–Crippen MR) is 52.3 cm³/mol. The Kier molecular flexibility index (Phi) is 3.24. The first-order valence-electron chi connectivity index (χ1n) is 3.02. The average Bonchev–Trinajstić information content (AvgIpc) is 2.35. The molecule has 0 saturated heterocycles. The number of carbonyl (C=O) groups excluding carboxylic acids is 1. The lowest BCUT2D eigenvalue weighted by Crippen LogP contribution is -2.24. The standard InChI is InChI=1S/C6H6BrN3OS/c7-5-2-1-4(12-5)3-9-10-6(8)11/h1-3H,(H3,8,10,11)/b9-3-. The molecule has 2 amide bonds. The summed E-state index contributed by atoms with van der Waals surface area (Å²) in [7, 11) is 0. The maximum Gasteiger partial charge on any atom is 0.332 e. The number of hydrogen-bond donors (Lipinski definition) is 2. The SMILES string of the molecule is NC(=O)N/N=C\c1ccc(Br)s1. The molecule has 0 radical (unpaired) electrons. The van der Waals surface area contributed by atoms with Crippen molar-refractivity contribution < 1.29 is 4.79 Å². The van der Waals surface area contributed by atoms with Gasteiger partial charge in [0, 0.05) is 4.88 Å². The van der Waals surface area contributed by atoms with Gasteiger partial charge in [-0.25, -0.2) is 10.2 Å². The van der Waals surface area contributed by atoms with E-state index in [0.717, 1.165) is 8.66 Å². The van der Waals surface area contributed by atoms with Crippen LogP contribution in [0.1, 0.15) is 4.88 Å². The van der Waals surface area contributed by atoms with Gasteiger partial charge in [-0.05, 0) is 28.1 Å². The van der Waals surface area contributed by atoms with Crippen LogP contribution in [0, 0.1) is 0 Å². The van der Waals surface area contributed by atoms with Crippen LogP contribution in [-0.2, 0) is 0 Å². The average molecular weight is 248 g/mol. The van der Waals surface area contributed by atoms with Crippen LogP contribution in [0.5, 0.6) is 0 Å². The molecule has 0 aliphatic rings. The van der Waals surface area contributed by atoms with Crippen LogP contribution < -0.4 is 11.2 Å². The molecule has 0 spiro atoms. The highest BCUT2D eigenvalue weighted by molar-refractivity contribution is 9.11. The summed E-state index contributed by atoms with van der Waals surface area (Å²) in [5.41, 5.74) is 6.90. The number of carbonyl (C=O) groups is 1.